The Morgan fingerprint density at radius 2 is 2.30 bits per heavy atom. The number of carbonyl (C=O) groups excluding carboxylic acids is 2. The van der Waals surface area contributed by atoms with Crippen molar-refractivity contribution < 1.29 is 14.3 Å². The highest BCUT2D eigenvalue weighted by Crippen LogP contribution is 2.23. The van der Waals surface area contributed by atoms with Crippen molar-refractivity contribution in [3.05, 3.63) is 23.8 Å². The molecule has 1 fully saturated rings. The van der Waals surface area contributed by atoms with E-state index < -0.39 is 6.04 Å². The van der Waals surface area contributed by atoms with Gasteiger partial charge in [-0.25, -0.2) is 0 Å². The molecule has 1 heterocycles. The lowest BCUT2D eigenvalue weighted by Gasteiger charge is -2.32. The van der Waals surface area contributed by atoms with Gasteiger partial charge in [-0.3, -0.25) is 9.59 Å². The van der Waals surface area contributed by atoms with Crippen molar-refractivity contribution in [3.8, 4) is 5.75 Å². The maximum absolute atomic E-state index is 12.4. The Morgan fingerprint density at radius 1 is 1.55 bits per heavy atom. The molecule has 0 radical (unpaired) electrons. The van der Waals surface area contributed by atoms with Crippen molar-refractivity contribution >= 4 is 17.5 Å². The van der Waals surface area contributed by atoms with Gasteiger partial charge in [-0.1, -0.05) is 0 Å². The zero-order valence-corrected chi connectivity index (χ0v) is 11.7. The van der Waals surface area contributed by atoms with Crippen LogP contribution >= 0.6 is 0 Å². The van der Waals surface area contributed by atoms with Gasteiger partial charge >= 0.3 is 0 Å². The first kappa shape index (κ1) is 14.2. The number of piperazine rings is 1. The number of nitrogens with two attached hydrogens (primary N) is 1. The molecule has 6 nitrogen and oxygen atoms in total. The minimum absolute atomic E-state index is 0.136. The highest BCUT2D eigenvalue weighted by molar-refractivity contribution is 5.99. The number of nitrogens with zero attached hydrogens (tertiary/aromatic N) is 1. The van der Waals surface area contributed by atoms with E-state index in [2.05, 4.69) is 5.32 Å². The van der Waals surface area contributed by atoms with Gasteiger partial charge in [0.15, 0.2) is 0 Å². The van der Waals surface area contributed by atoms with Crippen LogP contribution in [0, 0.1) is 0 Å². The monoisotopic (exact) mass is 277 g/mol. The Morgan fingerprint density at radius 3 is 2.95 bits per heavy atom. The SMILES string of the molecule is CCOc1ccc(C(=O)N2CCNC(=O)C2C)cc1N. The fourth-order valence-electron chi connectivity index (χ4n) is 2.19. The van der Waals surface area contributed by atoms with Crippen LogP contribution < -0.4 is 15.8 Å². The average molecular weight is 277 g/mol. The number of nitrogen functional groups attached to an aromatic ring is 1. The third kappa shape index (κ3) is 2.68. The van der Waals surface area contributed by atoms with E-state index in [1.807, 2.05) is 6.92 Å². The Balaban J connectivity index is 2.20. The molecule has 2 rings (SSSR count). The number of hydrogen-bond acceptors (Lipinski definition) is 4. The molecule has 3 N–H and O–H groups in total. The summed E-state index contributed by atoms with van der Waals surface area (Å²) in [6.07, 6.45) is 0. The van der Waals surface area contributed by atoms with Crippen LogP contribution in [0.3, 0.4) is 0 Å². The summed E-state index contributed by atoms with van der Waals surface area (Å²) >= 11 is 0. The molecule has 0 saturated carbocycles. The molecule has 0 bridgehead atoms. The zero-order valence-electron chi connectivity index (χ0n) is 11.7. The van der Waals surface area contributed by atoms with Crippen LogP contribution in [-0.4, -0.2) is 42.5 Å². The van der Waals surface area contributed by atoms with Gasteiger partial charge in [-0.2, -0.15) is 0 Å². The molecule has 1 atom stereocenters. The maximum Gasteiger partial charge on any atom is 0.254 e. The van der Waals surface area contributed by atoms with E-state index in [0.29, 0.717) is 36.7 Å². The van der Waals surface area contributed by atoms with Crippen molar-refractivity contribution in [1.29, 1.82) is 0 Å². The molecule has 1 saturated heterocycles. The number of amides is 2. The van der Waals surface area contributed by atoms with Crippen molar-refractivity contribution in [1.82, 2.24) is 10.2 Å². The zero-order chi connectivity index (χ0) is 14.7. The molecule has 2 amide bonds. The number of benzene rings is 1. The second-order valence-electron chi connectivity index (χ2n) is 4.65. The Kier molecular flexibility index (Phi) is 4.12. The largest absolute Gasteiger partial charge is 0.492 e. The van der Waals surface area contributed by atoms with Crippen LogP contribution in [-0.2, 0) is 4.79 Å². The van der Waals surface area contributed by atoms with Gasteiger partial charge in [0.25, 0.3) is 5.91 Å². The van der Waals surface area contributed by atoms with Crippen LogP contribution in [0.25, 0.3) is 0 Å². The van der Waals surface area contributed by atoms with Crippen LogP contribution in [0.2, 0.25) is 0 Å². The normalized spacial score (nSPS) is 18.6. The van der Waals surface area contributed by atoms with Crippen molar-refractivity contribution in [2.75, 3.05) is 25.4 Å². The second-order valence-corrected chi connectivity index (χ2v) is 4.65. The van der Waals surface area contributed by atoms with E-state index in [1.165, 1.54) is 0 Å². The number of rotatable bonds is 3. The standard InChI is InChI=1S/C14H19N3O3/c1-3-20-12-5-4-10(8-11(12)15)14(19)17-7-6-16-13(18)9(17)2/h4-5,8-9H,3,6-7,15H2,1-2H3,(H,16,18). The molecule has 1 unspecified atom stereocenters. The fourth-order valence-corrected chi connectivity index (χ4v) is 2.19. The minimum Gasteiger partial charge on any atom is -0.492 e. The number of hydrogen-bond donors (Lipinski definition) is 2. The van der Waals surface area contributed by atoms with Crippen molar-refractivity contribution in [2.24, 2.45) is 0 Å². The van der Waals surface area contributed by atoms with Crippen LogP contribution in [0.15, 0.2) is 18.2 Å². The van der Waals surface area contributed by atoms with Crippen LogP contribution in [0.5, 0.6) is 5.75 Å². The molecule has 0 aliphatic carbocycles. The number of ether oxygens (including phenoxy) is 1. The molecule has 1 aromatic rings. The predicted octanol–water partition coefficient (Wildman–Crippen LogP) is 0.628. The molecular formula is C14H19N3O3. The summed E-state index contributed by atoms with van der Waals surface area (Å²) in [6.45, 7) is 5.07. The summed E-state index contributed by atoms with van der Waals surface area (Å²) in [4.78, 5) is 25.6. The van der Waals surface area contributed by atoms with E-state index in [4.69, 9.17) is 10.5 Å². The first-order chi connectivity index (χ1) is 9.54. The summed E-state index contributed by atoms with van der Waals surface area (Å²) in [5.74, 6) is 0.235. The fraction of sp³-hybridized carbons (Fsp3) is 0.429. The first-order valence-corrected chi connectivity index (χ1v) is 6.65. The van der Waals surface area contributed by atoms with E-state index in [9.17, 15) is 9.59 Å². The third-order valence-electron chi connectivity index (χ3n) is 3.32. The summed E-state index contributed by atoms with van der Waals surface area (Å²) in [6, 6.07) is 4.47. The van der Waals surface area contributed by atoms with Gasteiger partial charge in [0.2, 0.25) is 5.91 Å². The maximum atomic E-state index is 12.4. The Labute approximate surface area is 117 Å². The molecule has 108 valence electrons. The molecule has 6 heteroatoms. The first-order valence-electron chi connectivity index (χ1n) is 6.65. The number of nitrogens with one attached hydrogen (secondary N) is 1. The van der Waals surface area contributed by atoms with Crippen LogP contribution in [0.1, 0.15) is 24.2 Å². The minimum atomic E-state index is -0.468. The lowest BCUT2D eigenvalue weighted by Crippen LogP contribution is -2.55. The summed E-state index contributed by atoms with van der Waals surface area (Å²) in [5, 5.41) is 2.73. The quantitative estimate of drug-likeness (QED) is 0.794. The summed E-state index contributed by atoms with van der Waals surface area (Å²) < 4.78 is 5.34. The van der Waals surface area contributed by atoms with E-state index in [1.54, 1.807) is 30.0 Å². The third-order valence-corrected chi connectivity index (χ3v) is 3.32. The predicted molar refractivity (Wildman–Crippen MR) is 75.5 cm³/mol. The van der Waals surface area contributed by atoms with E-state index in [0.717, 1.165) is 0 Å². The highest BCUT2D eigenvalue weighted by Gasteiger charge is 2.30. The average Bonchev–Trinajstić information content (AvgIpc) is 2.43. The Bertz CT molecular complexity index is 530. The van der Waals surface area contributed by atoms with Gasteiger partial charge in [0, 0.05) is 18.7 Å². The number of carbonyl (C=O) groups is 2. The molecule has 20 heavy (non-hydrogen) atoms. The van der Waals surface area contributed by atoms with E-state index >= 15 is 0 Å². The van der Waals surface area contributed by atoms with Gasteiger partial charge in [0.05, 0.1) is 12.3 Å². The highest BCUT2D eigenvalue weighted by atomic mass is 16.5. The Hall–Kier alpha value is -2.24. The van der Waals surface area contributed by atoms with Gasteiger partial charge in [-0.05, 0) is 32.0 Å². The lowest BCUT2D eigenvalue weighted by molar-refractivity contribution is -0.127. The smallest absolute Gasteiger partial charge is 0.254 e. The topological polar surface area (TPSA) is 84.7 Å². The molecule has 1 aromatic carbocycles. The van der Waals surface area contributed by atoms with Crippen molar-refractivity contribution in [2.45, 2.75) is 19.9 Å². The molecule has 1 aliphatic heterocycles. The molecule has 1 aliphatic rings. The van der Waals surface area contributed by atoms with Crippen molar-refractivity contribution in [3.63, 3.8) is 0 Å². The molecule has 0 aromatic heterocycles. The van der Waals surface area contributed by atoms with Gasteiger partial charge in [0.1, 0.15) is 11.8 Å². The number of anilines is 1. The van der Waals surface area contributed by atoms with Crippen LogP contribution in [0.4, 0.5) is 5.69 Å². The molecule has 0 spiro atoms. The van der Waals surface area contributed by atoms with E-state index in [-0.39, 0.29) is 11.8 Å². The molecular weight excluding hydrogens is 258 g/mol. The van der Waals surface area contributed by atoms with Gasteiger partial charge < -0.3 is 20.7 Å². The lowest BCUT2D eigenvalue weighted by atomic mass is 10.1. The summed E-state index contributed by atoms with van der Waals surface area (Å²) in [7, 11) is 0. The second kappa shape index (κ2) is 5.81. The van der Waals surface area contributed by atoms with Gasteiger partial charge in [-0.15, -0.1) is 0 Å². The summed E-state index contributed by atoms with van der Waals surface area (Å²) in [5.41, 5.74) is 6.75.